The fourth-order valence-electron chi connectivity index (χ4n) is 1.26. The van der Waals surface area contributed by atoms with E-state index >= 15 is 0 Å². The Morgan fingerprint density at radius 2 is 2.00 bits per heavy atom. The lowest BCUT2D eigenvalue weighted by molar-refractivity contribution is 0.0944. The molecule has 1 aromatic carbocycles. The van der Waals surface area contributed by atoms with E-state index < -0.39 is 37.1 Å². The molecule has 100 valence electrons. The number of benzene rings is 1. The second-order valence-electron chi connectivity index (χ2n) is 3.43. The molecule has 0 unspecified atom stereocenters. The molecule has 8 heteroatoms. The lowest BCUT2D eigenvalue weighted by Gasteiger charge is -2.08. The van der Waals surface area contributed by atoms with E-state index in [1.807, 2.05) is 0 Å². The van der Waals surface area contributed by atoms with Crippen molar-refractivity contribution in [1.29, 1.82) is 0 Å². The molecule has 0 aliphatic rings. The SMILES string of the molecule is CCCNC(=O)c1c(F)ccc(S(=O)(=O)Cl)c1F. The van der Waals surface area contributed by atoms with Crippen molar-refractivity contribution in [1.82, 2.24) is 5.32 Å². The van der Waals surface area contributed by atoms with Crippen molar-refractivity contribution < 1.29 is 22.0 Å². The largest absolute Gasteiger partial charge is 0.352 e. The minimum Gasteiger partial charge on any atom is -0.352 e. The van der Waals surface area contributed by atoms with Crippen molar-refractivity contribution in [3.63, 3.8) is 0 Å². The van der Waals surface area contributed by atoms with Gasteiger partial charge in [-0.1, -0.05) is 6.92 Å². The molecule has 0 saturated carbocycles. The number of halogens is 3. The summed E-state index contributed by atoms with van der Waals surface area (Å²) in [7, 11) is 0.599. The van der Waals surface area contributed by atoms with Gasteiger partial charge in [-0.15, -0.1) is 0 Å². The van der Waals surface area contributed by atoms with E-state index in [1.54, 1.807) is 6.92 Å². The fourth-order valence-corrected chi connectivity index (χ4v) is 2.16. The molecule has 0 saturated heterocycles. The minimum atomic E-state index is -4.38. The van der Waals surface area contributed by atoms with E-state index in [2.05, 4.69) is 5.32 Å². The van der Waals surface area contributed by atoms with Crippen molar-refractivity contribution in [2.75, 3.05) is 6.54 Å². The van der Waals surface area contributed by atoms with Crippen LogP contribution in [0, 0.1) is 11.6 Å². The summed E-state index contributed by atoms with van der Waals surface area (Å²) in [5.41, 5.74) is -0.954. The van der Waals surface area contributed by atoms with Gasteiger partial charge < -0.3 is 5.32 Å². The van der Waals surface area contributed by atoms with Gasteiger partial charge in [-0.05, 0) is 18.6 Å². The topological polar surface area (TPSA) is 63.2 Å². The lowest BCUT2D eigenvalue weighted by atomic mass is 10.2. The van der Waals surface area contributed by atoms with Crippen molar-refractivity contribution >= 4 is 25.6 Å². The van der Waals surface area contributed by atoms with Gasteiger partial charge in [-0.25, -0.2) is 17.2 Å². The molecule has 0 aromatic heterocycles. The Bertz CT molecular complexity index is 575. The Balaban J connectivity index is 3.31. The molecule has 0 radical (unpaired) electrons. The molecule has 1 rings (SSSR count). The first-order valence-electron chi connectivity index (χ1n) is 5.00. The Labute approximate surface area is 107 Å². The van der Waals surface area contributed by atoms with Crippen LogP contribution < -0.4 is 5.32 Å². The normalized spacial score (nSPS) is 11.3. The molecule has 0 heterocycles. The van der Waals surface area contributed by atoms with Crippen LogP contribution in [0.3, 0.4) is 0 Å². The van der Waals surface area contributed by atoms with E-state index in [4.69, 9.17) is 10.7 Å². The van der Waals surface area contributed by atoms with Gasteiger partial charge in [-0.2, -0.15) is 0 Å². The molecule has 0 bridgehead atoms. The van der Waals surface area contributed by atoms with Crippen molar-refractivity contribution in [3.05, 3.63) is 29.3 Å². The van der Waals surface area contributed by atoms with Crippen LogP contribution in [0.25, 0.3) is 0 Å². The molecule has 4 nitrogen and oxygen atoms in total. The summed E-state index contributed by atoms with van der Waals surface area (Å²) in [4.78, 5) is 10.6. The third-order valence-electron chi connectivity index (χ3n) is 2.08. The van der Waals surface area contributed by atoms with Crippen LogP contribution in [0.2, 0.25) is 0 Å². The third-order valence-corrected chi connectivity index (χ3v) is 3.42. The first-order valence-corrected chi connectivity index (χ1v) is 7.30. The van der Waals surface area contributed by atoms with Crippen molar-refractivity contribution in [2.45, 2.75) is 18.2 Å². The van der Waals surface area contributed by atoms with Crippen LogP contribution in [0.5, 0.6) is 0 Å². The number of carbonyl (C=O) groups is 1. The van der Waals surface area contributed by atoms with Crippen molar-refractivity contribution in [3.8, 4) is 0 Å². The number of nitrogens with one attached hydrogen (secondary N) is 1. The minimum absolute atomic E-state index is 0.218. The quantitative estimate of drug-likeness (QED) is 0.865. The second-order valence-corrected chi connectivity index (χ2v) is 5.96. The summed E-state index contributed by atoms with van der Waals surface area (Å²) in [5.74, 6) is -3.65. The van der Waals surface area contributed by atoms with Crippen LogP contribution >= 0.6 is 10.7 Å². The molecule has 0 fully saturated rings. The average Bonchev–Trinajstić information content (AvgIpc) is 2.24. The Morgan fingerprint density at radius 3 is 2.50 bits per heavy atom. The molecule has 0 aliphatic heterocycles. The molecule has 0 aliphatic carbocycles. The Hall–Kier alpha value is -1.21. The summed E-state index contributed by atoms with van der Waals surface area (Å²) in [5, 5.41) is 2.25. The highest BCUT2D eigenvalue weighted by atomic mass is 35.7. The predicted octanol–water partition coefficient (Wildman–Crippen LogP) is 2.03. The standard InChI is InChI=1S/C10H10ClF2NO3S/c1-2-5-14-10(15)8-6(12)3-4-7(9(8)13)18(11,16)17/h3-4H,2,5H2,1H3,(H,14,15). The number of amides is 1. The summed E-state index contributed by atoms with van der Waals surface area (Å²) in [6, 6.07) is 1.35. The molecular weight excluding hydrogens is 288 g/mol. The van der Waals surface area contributed by atoms with Crippen LogP contribution in [-0.4, -0.2) is 20.9 Å². The highest BCUT2D eigenvalue weighted by Gasteiger charge is 2.25. The third kappa shape index (κ3) is 3.17. The zero-order valence-corrected chi connectivity index (χ0v) is 10.9. The van der Waals surface area contributed by atoms with Crippen molar-refractivity contribution in [2.24, 2.45) is 0 Å². The van der Waals surface area contributed by atoms with Crippen LogP contribution in [-0.2, 0) is 9.05 Å². The van der Waals surface area contributed by atoms with Gasteiger partial charge in [0.25, 0.3) is 15.0 Å². The predicted molar refractivity (Wildman–Crippen MR) is 62.0 cm³/mol. The molecule has 1 aromatic rings. The van der Waals surface area contributed by atoms with Crippen LogP contribution in [0.4, 0.5) is 8.78 Å². The van der Waals surface area contributed by atoms with Gasteiger partial charge in [0.15, 0.2) is 5.82 Å². The number of hydrogen-bond donors (Lipinski definition) is 1. The maximum Gasteiger partial charge on any atom is 0.264 e. The molecule has 1 amide bonds. The van der Waals surface area contributed by atoms with Gasteiger partial charge in [-0.3, -0.25) is 4.79 Å². The molecule has 18 heavy (non-hydrogen) atoms. The zero-order chi connectivity index (χ0) is 13.9. The average molecular weight is 298 g/mol. The highest BCUT2D eigenvalue weighted by molar-refractivity contribution is 8.13. The maximum absolute atomic E-state index is 13.7. The number of rotatable bonds is 4. The van der Waals surface area contributed by atoms with Crippen LogP contribution in [0.15, 0.2) is 17.0 Å². The number of carbonyl (C=O) groups excluding carboxylic acids is 1. The van der Waals surface area contributed by atoms with E-state index in [9.17, 15) is 22.0 Å². The molecule has 0 atom stereocenters. The summed E-state index contributed by atoms with van der Waals surface area (Å²) in [6.07, 6.45) is 0.572. The summed E-state index contributed by atoms with van der Waals surface area (Å²) in [6.45, 7) is 1.97. The van der Waals surface area contributed by atoms with Gasteiger partial charge in [0.2, 0.25) is 0 Å². The van der Waals surface area contributed by atoms with E-state index in [0.717, 1.165) is 0 Å². The van der Waals surface area contributed by atoms with Gasteiger partial charge >= 0.3 is 0 Å². The first-order chi connectivity index (χ1) is 8.29. The molecular formula is C10H10ClF2NO3S. The number of hydrogen-bond acceptors (Lipinski definition) is 3. The smallest absolute Gasteiger partial charge is 0.264 e. The van der Waals surface area contributed by atoms with Crippen LogP contribution in [0.1, 0.15) is 23.7 Å². The van der Waals surface area contributed by atoms with E-state index in [-0.39, 0.29) is 6.54 Å². The fraction of sp³-hybridized carbons (Fsp3) is 0.300. The molecule has 1 N–H and O–H groups in total. The monoisotopic (exact) mass is 297 g/mol. The first kappa shape index (κ1) is 14.8. The summed E-state index contributed by atoms with van der Waals surface area (Å²) < 4.78 is 49.2. The van der Waals surface area contributed by atoms with E-state index in [0.29, 0.717) is 18.6 Å². The highest BCUT2D eigenvalue weighted by Crippen LogP contribution is 2.23. The van der Waals surface area contributed by atoms with Gasteiger partial charge in [0.1, 0.15) is 16.3 Å². The maximum atomic E-state index is 13.7. The summed E-state index contributed by atoms with van der Waals surface area (Å²) >= 11 is 0. The zero-order valence-electron chi connectivity index (χ0n) is 9.34. The molecule has 0 spiro atoms. The van der Waals surface area contributed by atoms with Gasteiger partial charge in [0.05, 0.1) is 0 Å². The second kappa shape index (κ2) is 5.62. The van der Waals surface area contributed by atoms with E-state index in [1.165, 1.54) is 0 Å². The lowest BCUT2D eigenvalue weighted by Crippen LogP contribution is -2.26. The Morgan fingerprint density at radius 1 is 1.39 bits per heavy atom. The van der Waals surface area contributed by atoms with Gasteiger partial charge in [0, 0.05) is 17.2 Å². The Kier molecular flexibility index (Phi) is 4.64.